The Morgan fingerprint density at radius 2 is 1.10 bits per heavy atom. The number of aliphatic hydroxyl groups is 2. The van der Waals surface area contributed by atoms with E-state index in [9.17, 15) is 0 Å². The van der Waals surface area contributed by atoms with Gasteiger partial charge in [-0.15, -0.1) is 0 Å². The second-order valence-electron chi connectivity index (χ2n) is 4.84. The molecule has 0 aromatic heterocycles. The van der Waals surface area contributed by atoms with Crippen LogP contribution in [0.1, 0.15) is 25.7 Å². The molecular formula is C14H28N4O2. The molecule has 0 spiro atoms. The number of nitrogens with one attached hydrogen (secondary N) is 2. The molecule has 1 rings (SSSR count). The topological polar surface area (TPSA) is 89.2 Å². The van der Waals surface area contributed by atoms with Gasteiger partial charge in [0, 0.05) is 37.6 Å². The van der Waals surface area contributed by atoms with Gasteiger partial charge in [0.1, 0.15) is 0 Å². The van der Waals surface area contributed by atoms with Crippen molar-refractivity contribution >= 4 is 11.4 Å². The highest BCUT2D eigenvalue weighted by Crippen LogP contribution is 2.13. The quantitative estimate of drug-likeness (QED) is 0.411. The molecule has 0 aromatic carbocycles. The van der Waals surface area contributed by atoms with Gasteiger partial charge in [0.25, 0.3) is 0 Å². The summed E-state index contributed by atoms with van der Waals surface area (Å²) >= 11 is 0. The molecular weight excluding hydrogens is 256 g/mol. The van der Waals surface area contributed by atoms with Crippen molar-refractivity contribution in [2.24, 2.45) is 9.98 Å². The maximum absolute atomic E-state index is 8.63. The summed E-state index contributed by atoms with van der Waals surface area (Å²) in [7, 11) is 0. The first-order chi connectivity index (χ1) is 9.86. The number of hydrogen-bond acceptors (Lipinski definition) is 6. The van der Waals surface area contributed by atoms with Crippen LogP contribution in [0.15, 0.2) is 9.98 Å². The van der Waals surface area contributed by atoms with Crippen molar-refractivity contribution in [1.82, 2.24) is 10.6 Å². The van der Waals surface area contributed by atoms with Crippen molar-refractivity contribution < 1.29 is 10.2 Å². The van der Waals surface area contributed by atoms with Gasteiger partial charge in [0.05, 0.1) is 26.3 Å². The predicted octanol–water partition coefficient (Wildman–Crippen LogP) is -0.394. The Morgan fingerprint density at radius 3 is 1.45 bits per heavy atom. The average molecular weight is 284 g/mol. The van der Waals surface area contributed by atoms with E-state index in [0.29, 0.717) is 13.1 Å². The number of aliphatic hydroxyl groups excluding tert-OH is 2. The van der Waals surface area contributed by atoms with E-state index < -0.39 is 0 Å². The van der Waals surface area contributed by atoms with Gasteiger partial charge >= 0.3 is 0 Å². The van der Waals surface area contributed by atoms with Crippen LogP contribution in [-0.2, 0) is 0 Å². The molecule has 0 bridgehead atoms. The van der Waals surface area contributed by atoms with Crippen LogP contribution in [0.3, 0.4) is 0 Å². The molecule has 0 radical (unpaired) electrons. The van der Waals surface area contributed by atoms with Crippen molar-refractivity contribution in [2.75, 3.05) is 52.5 Å². The van der Waals surface area contributed by atoms with E-state index in [1.54, 1.807) is 0 Å². The van der Waals surface area contributed by atoms with E-state index in [1.165, 1.54) is 11.4 Å². The number of nitrogens with zero attached hydrogens (tertiary/aromatic N) is 2. The Balaban J connectivity index is 2.09. The second kappa shape index (κ2) is 12.0. The van der Waals surface area contributed by atoms with Gasteiger partial charge in [-0.25, -0.2) is 0 Å². The van der Waals surface area contributed by atoms with Crippen molar-refractivity contribution in [3.63, 3.8) is 0 Å². The molecule has 0 saturated heterocycles. The van der Waals surface area contributed by atoms with Gasteiger partial charge in [0.2, 0.25) is 0 Å². The summed E-state index contributed by atoms with van der Waals surface area (Å²) in [5.74, 6) is 0. The van der Waals surface area contributed by atoms with Crippen LogP contribution in [0.5, 0.6) is 0 Å². The smallest absolute Gasteiger partial charge is 0.0555 e. The Labute approximate surface area is 121 Å². The highest BCUT2D eigenvalue weighted by Gasteiger charge is 2.11. The highest BCUT2D eigenvalue weighted by molar-refractivity contribution is 5.98. The third kappa shape index (κ3) is 8.37. The first-order valence-corrected chi connectivity index (χ1v) is 7.54. The van der Waals surface area contributed by atoms with E-state index >= 15 is 0 Å². The van der Waals surface area contributed by atoms with Gasteiger partial charge in [-0.2, -0.15) is 0 Å². The molecule has 1 saturated carbocycles. The molecule has 0 atom stereocenters. The molecule has 1 aliphatic rings. The summed E-state index contributed by atoms with van der Waals surface area (Å²) in [6, 6.07) is 0. The van der Waals surface area contributed by atoms with Gasteiger partial charge in [-0.3, -0.25) is 9.98 Å². The SMILES string of the molecule is OCCNCCN=C1CCC(=NCCNCCO)CC1. The predicted molar refractivity (Wildman–Crippen MR) is 83.0 cm³/mol. The molecule has 0 aromatic rings. The zero-order valence-electron chi connectivity index (χ0n) is 12.3. The monoisotopic (exact) mass is 284 g/mol. The molecule has 0 heterocycles. The van der Waals surface area contributed by atoms with Crippen molar-refractivity contribution in [3.05, 3.63) is 0 Å². The Hall–Kier alpha value is -0.820. The van der Waals surface area contributed by atoms with Crippen LogP contribution in [0.2, 0.25) is 0 Å². The summed E-state index contributed by atoms with van der Waals surface area (Å²) in [4.78, 5) is 9.18. The van der Waals surface area contributed by atoms with E-state index in [-0.39, 0.29) is 13.2 Å². The summed E-state index contributed by atoms with van der Waals surface area (Å²) in [6.45, 7) is 4.92. The Bertz CT molecular complexity index is 264. The molecule has 4 N–H and O–H groups in total. The minimum atomic E-state index is 0.184. The second-order valence-corrected chi connectivity index (χ2v) is 4.84. The summed E-state index contributed by atoms with van der Waals surface area (Å²) in [6.07, 6.45) is 4.12. The van der Waals surface area contributed by atoms with Gasteiger partial charge < -0.3 is 20.8 Å². The first-order valence-electron chi connectivity index (χ1n) is 7.54. The highest BCUT2D eigenvalue weighted by atomic mass is 16.3. The van der Waals surface area contributed by atoms with Crippen LogP contribution >= 0.6 is 0 Å². The molecule has 20 heavy (non-hydrogen) atoms. The number of rotatable bonds is 10. The molecule has 0 aliphatic heterocycles. The lowest BCUT2D eigenvalue weighted by molar-refractivity contribution is 0.293. The van der Waals surface area contributed by atoms with Crippen LogP contribution in [0.4, 0.5) is 0 Å². The normalized spacial score (nSPS) is 15.5. The van der Waals surface area contributed by atoms with Crippen LogP contribution in [0, 0.1) is 0 Å². The maximum atomic E-state index is 8.63. The molecule has 6 nitrogen and oxygen atoms in total. The molecule has 6 heteroatoms. The van der Waals surface area contributed by atoms with Crippen molar-refractivity contribution in [3.8, 4) is 0 Å². The number of hydrogen-bond donors (Lipinski definition) is 4. The lowest BCUT2D eigenvalue weighted by Gasteiger charge is -2.15. The third-order valence-corrected chi connectivity index (χ3v) is 3.23. The summed E-state index contributed by atoms with van der Waals surface area (Å²) in [5, 5.41) is 23.5. The standard InChI is InChI=1S/C14H28N4O2/c19-11-9-15-5-7-17-13-1-2-14(4-3-13)18-8-6-16-10-12-20/h15-16,19-20H,1-12H2. The summed E-state index contributed by atoms with van der Waals surface area (Å²) in [5.41, 5.74) is 2.60. The van der Waals surface area contributed by atoms with Crippen LogP contribution < -0.4 is 10.6 Å². The van der Waals surface area contributed by atoms with Crippen molar-refractivity contribution in [1.29, 1.82) is 0 Å². The van der Waals surface area contributed by atoms with Gasteiger partial charge in [0.15, 0.2) is 0 Å². The summed E-state index contributed by atoms with van der Waals surface area (Å²) < 4.78 is 0. The molecule has 0 amide bonds. The van der Waals surface area contributed by atoms with Gasteiger partial charge in [-0.05, 0) is 25.7 Å². The zero-order valence-corrected chi connectivity index (χ0v) is 12.3. The molecule has 1 aliphatic carbocycles. The van der Waals surface area contributed by atoms with E-state index in [1.807, 2.05) is 0 Å². The average Bonchev–Trinajstić information content (AvgIpc) is 2.48. The lowest BCUT2D eigenvalue weighted by Crippen LogP contribution is -2.23. The zero-order chi connectivity index (χ0) is 14.5. The number of aliphatic imine (C=N–C) groups is 2. The van der Waals surface area contributed by atoms with E-state index in [0.717, 1.165) is 51.9 Å². The molecule has 1 fully saturated rings. The van der Waals surface area contributed by atoms with Gasteiger partial charge in [-0.1, -0.05) is 0 Å². The third-order valence-electron chi connectivity index (χ3n) is 3.23. The fourth-order valence-corrected chi connectivity index (χ4v) is 2.14. The van der Waals surface area contributed by atoms with E-state index in [2.05, 4.69) is 20.6 Å². The van der Waals surface area contributed by atoms with Crippen LogP contribution in [-0.4, -0.2) is 74.1 Å². The van der Waals surface area contributed by atoms with Crippen molar-refractivity contribution in [2.45, 2.75) is 25.7 Å². The fourth-order valence-electron chi connectivity index (χ4n) is 2.14. The first kappa shape index (κ1) is 17.2. The Kier molecular flexibility index (Phi) is 10.3. The van der Waals surface area contributed by atoms with Crippen LogP contribution in [0.25, 0.3) is 0 Å². The largest absolute Gasteiger partial charge is 0.395 e. The maximum Gasteiger partial charge on any atom is 0.0555 e. The lowest BCUT2D eigenvalue weighted by atomic mass is 9.96. The minimum absolute atomic E-state index is 0.184. The van der Waals surface area contributed by atoms with E-state index in [4.69, 9.17) is 10.2 Å². The molecule has 0 unspecified atom stereocenters. The molecule has 116 valence electrons. The minimum Gasteiger partial charge on any atom is -0.395 e. The Morgan fingerprint density at radius 1 is 0.700 bits per heavy atom. The fraction of sp³-hybridized carbons (Fsp3) is 0.857.